The van der Waals surface area contributed by atoms with E-state index in [-0.39, 0.29) is 22.3 Å². The molecule has 7 nitrogen and oxygen atoms in total. The van der Waals surface area contributed by atoms with Gasteiger partial charge in [0.25, 0.3) is 5.91 Å². The average molecular weight is 498 g/mol. The van der Waals surface area contributed by atoms with Gasteiger partial charge in [0.05, 0.1) is 4.90 Å². The quantitative estimate of drug-likeness (QED) is 0.618. The van der Waals surface area contributed by atoms with E-state index >= 15 is 0 Å². The maximum absolute atomic E-state index is 13.2. The van der Waals surface area contributed by atoms with E-state index in [2.05, 4.69) is 5.32 Å². The van der Waals surface area contributed by atoms with E-state index in [0.29, 0.717) is 48.2 Å². The van der Waals surface area contributed by atoms with Crippen molar-refractivity contribution in [2.75, 3.05) is 25.0 Å². The molecule has 1 aliphatic heterocycles. The second kappa shape index (κ2) is 10.2. The summed E-state index contributed by atoms with van der Waals surface area (Å²) in [4.78, 5) is 27.6. The zero-order chi connectivity index (χ0) is 23.5. The Morgan fingerprint density at radius 2 is 1.75 bits per heavy atom. The summed E-state index contributed by atoms with van der Waals surface area (Å²) in [7, 11) is -3.70. The number of carbonyl (C=O) groups excluding carboxylic acids is 2. The minimum Gasteiger partial charge on any atom is -0.327 e. The van der Waals surface area contributed by atoms with E-state index in [1.807, 2.05) is 0 Å². The molecule has 1 atom stereocenters. The SMILES string of the molecule is CCN(CC)S(=O)(=O)c1cccc(C(=O)N2CCCC2C(=O)Nc2cc(Cl)cc(Cl)c2)c1. The summed E-state index contributed by atoms with van der Waals surface area (Å²) in [5, 5.41) is 3.54. The molecule has 1 saturated heterocycles. The van der Waals surface area contributed by atoms with Gasteiger partial charge in [-0.3, -0.25) is 9.59 Å². The molecule has 172 valence electrons. The normalized spacial score (nSPS) is 16.4. The molecule has 0 bridgehead atoms. The molecule has 2 amide bonds. The number of carbonyl (C=O) groups is 2. The molecule has 1 N–H and O–H groups in total. The number of hydrogen-bond acceptors (Lipinski definition) is 4. The number of hydrogen-bond donors (Lipinski definition) is 1. The summed E-state index contributed by atoms with van der Waals surface area (Å²) < 4.78 is 27.0. The summed E-state index contributed by atoms with van der Waals surface area (Å²) in [6.45, 7) is 4.59. The number of nitrogens with zero attached hydrogens (tertiary/aromatic N) is 2. The first-order chi connectivity index (χ1) is 15.2. The monoisotopic (exact) mass is 497 g/mol. The number of amides is 2. The molecule has 2 aromatic rings. The van der Waals surface area contributed by atoms with E-state index in [1.54, 1.807) is 44.2 Å². The zero-order valence-corrected chi connectivity index (χ0v) is 20.2. The molecule has 1 unspecified atom stereocenters. The van der Waals surface area contributed by atoms with Crippen molar-refractivity contribution in [3.63, 3.8) is 0 Å². The van der Waals surface area contributed by atoms with Gasteiger partial charge < -0.3 is 10.2 Å². The number of benzene rings is 2. The van der Waals surface area contributed by atoms with Crippen LogP contribution in [0.5, 0.6) is 0 Å². The third-order valence-corrected chi connectivity index (χ3v) is 7.85. The summed E-state index contributed by atoms with van der Waals surface area (Å²) >= 11 is 12.0. The van der Waals surface area contributed by atoms with Crippen LogP contribution in [0.15, 0.2) is 47.4 Å². The van der Waals surface area contributed by atoms with Gasteiger partial charge in [0.1, 0.15) is 6.04 Å². The van der Waals surface area contributed by atoms with Crippen molar-refractivity contribution in [2.24, 2.45) is 0 Å². The molecule has 0 aromatic heterocycles. The number of rotatable bonds is 7. The highest BCUT2D eigenvalue weighted by Crippen LogP contribution is 2.26. The Labute approximate surface area is 198 Å². The smallest absolute Gasteiger partial charge is 0.254 e. The van der Waals surface area contributed by atoms with Crippen LogP contribution in [0, 0.1) is 0 Å². The van der Waals surface area contributed by atoms with Crippen LogP contribution in [0.25, 0.3) is 0 Å². The lowest BCUT2D eigenvalue weighted by atomic mass is 10.1. The number of nitrogens with one attached hydrogen (secondary N) is 1. The molecular weight excluding hydrogens is 473 g/mol. The van der Waals surface area contributed by atoms with Crippen molar-refractivity contribution in [2.45, 2.75) is 37.6 Å². The Hall–Kier alpha value is -2.13. The topological polar surface area (TPSA) is 86.8 Å². The molecule has 1 heterocycles. The maximum Gasteiger partial charge on any atom is 0.254 e. The van der Waals surface area contributed by atoms with Gasteiger partial charge >= 0.3 is 0 Å². The number of anilines is 1. The van der Waals surface area contributed by atoms with Gasteiger partial charge in [-0.15, -0.1) is 0 Å². The summed E-state index contributed by atoms with van der Waals surface area (Å²) in [6, 6.07) is 9.99. The number of sulfonamides is 1. The fraction of sp³-hybridized carbons (Fsp3) is 0.364. The average Bonchev–Trinajstić information content (AvgIpc) is 3.23. The van der Waals surface area contributed by atoms with Gasteiger partial charge in [-0.05, 0) is 49.2 Å². The lowest BCUT2D eigenvalue weighted by Gasteiger charge is -2.24. The molecule has 0 spiro atoms. The van der Waals surface area contributed by atoms with Crippen LogP contribution < -0.4 is 5.32 Å². The minimum atomic E-state index is -3.70. The Morgan fingerprint density at radius 3 is 2.38 bits per heavy atom. The molecule has 0 saturated carbocycles. The summed E-state index contributed by atoms with van der Waals surface area (Å²) in [6.07, 6.45) is 1.17. The van der Waals surface area contributed by atoms with Crippen LogP contribution in [0.3, 0.4) is 0 Å². The van der Waals surface area contributed by atoms with E-state index in [0.717, 1.165) is 0 Å². The van der Waals surface area contributed by atoms with Crippen molar-refractivity contribution < 1.29 is 18.0 Å². The maximum atomic E-state index is 13.2. The van der Waals surface area contributed by atoms with Crippen LogP contribution in [-0.2, 0) is 14.8 Å². The first kappa shape index (κ1) is 24.5. The van der Waals surface area contributed by atoms with Crippen LogP contribution in [0.4, 0.5) is 5.69 Å². The number of likely N-dealkylation sites (tertiary alicyclic amines) is 1. The van der Waals surface area contributed by atoms with Crippen molar-refractivity contribution in [3.8, 4) is 0 Å². The lowest BCUT2D eigenvalue weighted by Crippen LogP contribution is -2.43. The molecule has 0 radical (unpaired) electrons. The second-order valence-electron chi connectivity index (χ2n) is 7.42. The van der Waals surface area contributed by atoms with Crippen LogP contribution in [0.2, 0.25) is 10.0 Å². The van der Waals surface area contributed by atoms with Crippen molar-refractivity contribution in [3.05, 3.63) is 58.1 Å². The van der Waals surface area contributed by atoms with Gasteiger partial charge in [0.15, 0.2) is 0 Å². The molecule has 10 heteroatoms. The van der Waals surface area contributed by atoms with Crippen LogP contribution in [-0.4, -0.2) is 55.1 Å². The first-order valence-electron chi connectivity index (χ1n) is 10.4. The Morgan fingerprint density at radius 1 is 1.09 bits per heavy atom. The van der Waals surface area contributed by atoms with Crippen LogP contribution in [0.1, 0.15) is 37.0 Å². The fourth-order valence-electron chi connectivity index (χ4n) is 3.80. The molecule has 32 heavy (non-hydrogen) atoms. The van der Waals surface area contributed by atoms with E-state index in [1.165, 1.54) is 21.3 Å². The Bertz CT molecular complexity index is 1100. The fourth-order valence-corrected chi connectivity index (χ4v) is 5.83. The van der Waals surface area contributed by atoms with Gasteiger partial charge in [0.2, 0.25) is 15.9 Å². The van der Waals surface area contributed by atoms with Gasteiger partial charge in [-0.1, -0.05) is 43.1 Å². The molecular formula is C22H25Cl2N3O4S. The minimum absolute atomic E-state index is 0.0563. The molecule has 0 aliphatic carbocycles. The summed E-state index contributed by atoms with van der Waals surface area (Å²) in [5.74, 6) is -0.732. The van der Waals surface area contributed by atoms with Gasteiger partial charge in [-0.2, -0.15) is 4.31 Å². The van der Waals surface area contributed by atoms with Crippen LogP contribution >= 0.6 is 23.2 Å². The molecule has 2 aromatic carbocycles. The van der Waals surface area contributed by atoms with Gasteiger partial charge in [0, 0.05) is 40.9 Å². The van der Waals surface area contributed by atoms with E-state index < -0.39 is 16.1 Å². The largest absolute Gasteiger partial charge is 0.327 e. The first-order valence-corrected chi connectivity index (χ1v) is 12.5. The molecule has 1 aliphatic rings. The summed E-state index contributed by atoms with van der Waals surface area (Å²) in [5.41, 5.74) is 0.669. The highest BCUT2D eigenvalue weighted by Gasteiger charge is 2.35. The van der Waals surface area contributed by atoms with E-state index in [4.69, 9.17) is 23.2 Å². The molecule has 1 fully saturated rings. The van der Waals surface area contributed by atoms with Crippen molar-refractivity contribution >= 4 is 50.7 Å². The highest BCUT2D eigenvalue weighted by atomic mass is 35.5. The third kappa shape index (κ3) is 5.26. The van der Waals surface area contributed by atoms with Crippen molar-refractivity contribution in [1.29, 1.82) is 0 Å². The predicted molar refractivity (Wildman–Crippen MR) is 126 cm³/mol. The zero-order valence-electron chi connectivity index (χ0n) is 17.8. The van der Waals surface area contributed by atoms with Crippen molar-refractivity contribution in [1.82, 2.24) is 9.21 Å². The number of halogens is 2. The highest BCUT2D eigenvalue weighted by molar-refractivity contribution is 7.89. The third-order valence-electron chi connectivity index (χ3n) is 5.37. The Kier molecular flexibility index (Phi) is 7.82. The molecule has 3 rings (SSSR count). The standard InChI is InChI=1S/C22H25Cl2N3O4S/c1-3-26(4-2)32(30,31)19-8-5-7-15(11-19)22(29)27-10-6-9-20(27)21(28)25-18-13-16(23)12-17(24)14-18/h5,7-8,11-14,20H,3-4,6,9-10H2,1-2H3,(H,25,28). The Balaban J connectivity index is 1.82. The second-order valence-corrected chi connectivity index (χ2v) is 10.2. The van der Waals surface area contributed by atoms with Gasteiger partial charge in [-0.25, -0.2) is 8.42 Å². The lowest BCUT2D eigenvalue weighted by molar-refractivity contribution is -0.119. The predicted octanol–water partition coefficient (Wildman–Crippen LogP) is 4.27. The van der Waals surface area contributed by atoms with E-state index in [9.17, 15) is 18.0 Å².